The van der Waals surface area contributed by atoms with Gasteiger partial charge < -0.3 is 20.1 Å². The number of ether oxygens (including phenoxy) is 1. The van der Waals surface area contributed by atoms with Crippen LogP contribution in [0.1, 0.15) is 62.7 Å². The molecule has 0 heterocycles. The fraction of sp³-hybridized carbons (Fsp3) is 0.621. The molecule has 1 aromatic rings. The van der Waals surface area contributed by atoms with Crippen molar-refractivity contribution in [2.75, 3.05) is 13.2 Å². The molecule has 0 saturated heterocycles. The normalized spacial score (nSPS) is 42.9. The molecule has 3 saturated carbocycles. The molecule has 3 fully saturated rings. The molecule has 8 heteroatoms. The van der Waals surface area contributed by atoms with E-state index in [0.717, 1.165) is 0 Å². The lowest BCUT2D eigenvalue weighted by molar-refractivity contribution is -0.231. The Morgan fingerprint density at radius 1 is 1.14 bits per heavy atom. The lowest BCUT2D eigenvalue weighted by Gasteiger charge is -2.63. The molecule has 0 amide bonds. The maximum absolute atomic E-state index is 17.4. The van der Waals surface area contributed by atoms with Gasteiger partial charge in [-0.2, -0.15) is 0 Å². The van der Waals surface area contributed by atoms with E-state index in [-0.39, 0.29) is 43.9 Å². The number of alkyl halides is 1. The number of Topliss-reactive ketones (excluding diaryl/α,β-unsaturated/α-hetero) is 2. The summed E-state index contributed by atoms with van der Waals surface area (Å²) in [6.45, 7) is 2.10. The molecular weight excluding hydrogens is 479 g/mol. The van der Waals surface area contributed by atoms with Gasteiger partial charge in [-0.25, -0.2) is 4.39 Å². The van der Waals surface area contributed by atoms with E-state index in [2.05, 4.69) is 0 Å². The van der Waals surface area contributed by atoms with Gasteiger partial charge in [-0.3, -0.25) is 14.4 Å². The Labute approximate surface area is 215 Å². The van der Waals surface area contributed by atoms with Gasteiger partial charge in [-0.05, 0) is 44.1 Å². The van der Waals surface area contributed by atoms with Crippen molar-refractivity contribution < 1.29 is 38.8 Å². The molecule has 8 atom stereocenters. The molecule has 0 bridgehead atoms. The van der Waals surface area contributed by atoms with E-state index in [1.54, 1.807) is 44.2 Å². The summed E-state index contributed by atoms with van der Waals surface area (Å²) in [6, 6.07) is 8.50. The number of benzene rings is 1. The molecule has 0 aromatic heterocycles. The fourth-order valence-corrected chi connectivity index (χ4v) is 8.25. The van der Waals surface area contributed by atoms with Crippen LogP contribution in [0, 0.1) is 22.7 Å². The third-order valence-corrected chi connectivity index (χ3v) is 10.3. The van der Waals surface area contributed by atoms with Crippen LogP contribution in [0.15, 0.2) is 42.0 Å². The van der Waals surface area contributed by atoms with E-state index >= 15 is 4.39 Å². The second-order valence-electron chi connectivity index (χ2n) is 11.8. The molecule has 1 aromatic carbocycles. The van der Waals surface area contributed by atoms with Crippen LogP contribution in [0.5, 0.6) is 0 Å². The number of ketones is 3. The highest BCUT2D eigenvalue weighted by Gasteiger charge is 2.76. The van der Waals surface area contributed by atoms with Crippen LogP contribution in [0.4, 0.5) is 4.39 Å². The van der Waals surface area contributed by atoms with Crippen LogP contribution in [0.2, 0.25) is 0 Å². The number of allylic oxidation sites excluding steroid dienone is 1. The number of carbonyl (C=O) groups is 3. The Kier molecular flexibility index (Phi) is 6.34. The maximum Gasteiger partial charge on any atom is 0.192 e. The summed E-state index contributed by atoms with van der Waals surface area (Å²) in [5.74, 6) is -2.47. The highest BCUT2D eigenvalue weighted by atomic mass is 19.1. The molecule has 200 valence electrons. The molecule has 37 heavy (non-hydrogen) atoms. The molecule has 7 nitrogen and oxygen atoms in total. The molecule has 0 aliphatic heterocycles. The molecule has 5 rings (SSSR count). The molecule has 4 aliphatic rings. The van der Waals surface area contributed by atoms with Crippen molar-refractivity contribution in [1.29, 1.82) is 0 Å². The zero-order valence-corrected chi connectivity index (χ0v) is 21.3. The lowest BCUT2D eigenvalue weighted by atomic mass is 9.44. The first-order valence-electron chi connectivity index (χ1n) is 13.1. The number of halogens is 1. The monoisotopic (exact) mass is 514 g/mol. The minimum absolute atomic E-state index is 0.0370. The first kappa shape index (κ1) is 26.4. The summed E-state index contributed by atoms with van der Waals surface area (Å²) in [7, 11) is 0. The largest absolute Gasteiger partial charge is 0.390 e. The minimum Gasteiger partial charge on any atom is -0.390 e. The maximum atomic E-state index is 17.4. The van der Waals surface area contributed by atoms with Crippen LogP contribution in [0.3, 0.4) is 0 Å². The van der Waals surface area contributed by atoms with Gasteiger partial charge in [-0.15, -0.1) is 0 Å². The van der Waals surface area contributed by atoms with Gasteiger partial charge in [0.05, 0.1) is 12.2 Å². The van der Waals surface area contributed by atoms with Crippen LogP contribution in [-0.2, 0) is 14.3 Å². The average Bonchev–Trinajstić information content (AvgIpc) is 3.11. The van der Waals surface area contributed by atoms with Gasteiger partial charge in [0, 0.05) is 28.7 Å². The summed E-state index contributed by atoms with van der Waals surface area (Å²) in [5.41, 5.74) is -5.44. The topological polar surface area (TPSA) is 121 Å². The van der Waals surface area contributed by atoms with Gasteiger partial charge in [0.25, 0.3) is 0 Å². The van der Waals surface area contributed by atoms with Crippen molar-refractivity contribution >= 4 is 17.3 Å². The zero-order chi connectivity index (χ0) is 26.8. The first-order chi connectivity index (χ1) is 17.4. The van der Waals surface area contributed by atoms with E-state index in [9.17, 15) is 29.7 Å². The number of aliphatic hydroxyl groups is 3. The van der Waals surface area contributed by atoms with E-state index in [4.69, 9.17) is 4.74 Å². The second-order valence-corrected chi connectivity index (χ2v) is 11.8. The van der Waals surface area contributed by atoms with Crippen molar-refractivity contribution in [2.45, 2.75) is 75.9 Å². The van der Waals surface area contributed by atoms with Crippen LogP contribution >= 0.6 is 0 Å². The Balaban J connectivity index is 1.51. The summed E-state index contributed by atoms with van der Waals surface area (Å²) in [5, 5.41) is 33.2. The smallest absolute Gasteiger partial charge is 0.192 e. The van der Waals surface area contributed by atoms with Gasteiger partial charge in [-0.1, -0.05) is 49.8 Å². The number of carbonyl (C=O) groups excluding carboxylic acids is 3. The Bertz CT molecular complexity index is 1150. The van der Waals surface area contributed by atoms with Crippen molar-refractivity contribution in [3.8, 4) is 0 Å². The van der Waals surface area contributed by atoms with E-state index < -0.39 is 58.5 Å². The van der Waals surface area contributed by atoms with Gasteiger partial charge in [0.1, 0.15) is 18.9 Å². The Hall–Kier alpha value is -2.26. The molecule has 2 unspecified atom stereocenters. The summed E-state index contributed by atoms with van der Waals surface area (Å²) in [6.07, 6.45) is 0.107. The lowest BCUT2D eigenvalue weighted by Crippen LogP contribution is -2.70. The minimum atomic E-state index is -2.20. The van der Waals surface area contributed by atoms with E-state index in [0.29, 0.717) is 24.0 Å². The summed E-state index contributed by atoms with van der Waals surface area (Å²) in [4.78, 5) is 37.9. The average molecular weight is 515 g/mol. The highest BCUT2D eigenvalue weighted by molar-refractivity contribution is 5.97. The predicted octanol–water partition coefficient (Wildman–Crippen LogP) is 2.75. The standard InChI is InChI=1S/C29H35FO7/c1-26-11-10-19(32)12-18(26)8-9-20-21-13-25(37-16-22(33)17-6-4-3-5-7-17)29(36,24(35)15-31)27(21,2)14-23(34)28(20,26)30/h3-7,12,20-21,23,25,31,34,36H,8-11,13-16H2,1-2H3/t20-,21-,23?,25?,26-,27-,28-,29+/m0/s1. The Morgan fingerprint density at radius 3 is 2.51 bits per heavy atom. The molecule has 4 aliphatic carbocycles. The summed E-state index contributed by atoms with van der Waals surface area (Å²) < 4.78 is 23.3. The predicted molar refractivity (Wildman–Crippen MR) is 131 cm³/mol. The van der Waals surface area contributed by atoms with Crippen LogP contribution < -0.4 is 0 Å². The molecule has 3 N–H and O–H groups in total. The van der Waals surface area contributed by atoms with Crippen molar-refractivity contribution in [1.82, 2.24) is 0 Å². The quantitative estimate of drug-likeness (QED) is 0.499. The number of rotatable bonds is 6. The number of hydrogen-bond donors (Lipinski definition) is 3. The zero-order valence-electron chi connectivity index (χ0n) is 21.3. The third kappa shape index (κ3) is 3.49. The van der Waals surface area contributed by atoms with Gasteiger partial charge in [0.2, 0.25) is 0 Å². The molecule has 0 radical (unpaired) electrons. The molecular formula is C29H35FO7. The van der Waals surface area contributed by atoms with Gasteiger partial charge in [0.15, 0.2) is 23.0 Å². The Morgan fingerprint density at radius 2 is 1.84 bits per heavy atom. The van der Waals surface area contributed by atoms with E-state index in [1.807, 2.05) is 0 Å². The molecule has 0 spiro atoms. The number of hydrogen-bond acceptors (Lipinski definition) is 7. The second kappa shape index (κ2) is 8.90. The number of fused-ring (bicyclic) bond motifs is 5. The van der Waals surface area contributed by atoms with Crippen LogP contribution in [-0.4, -0.2) is 69.4 Å². The van der Waals surface area contributed by atoms with E-state index in [1.165, 1.54) is 6.08 Å². The van der Waals surface area contributed by atoms with Crippen molar-refractivity contribution in [2.24, 2.45) is 22.7 Å². The van der Waals surface area contributed by atoms with Crippen molar-refractivity contribution in [3.63, 3.8) is 0 Å². The third-order valence-electron chi connectivity index (χ3n) is 10.3. The van der Waals surface area contributed by atoms with Gasteiger partial charge >= 0.3 is 0 Å². The highest BCUT2D eigenvalue weighted by Crippen LogP contribution is 2.70. The van der Waals surface area contributed by atoms with Crippen molar-refractivity contribution in [3.05, 3.63) is 47.5 Å². The van der Waals surface area contributed by atoms with Crippen LogP contribution in [0.25, 0.3) is 0 Å². The number of aliphatic hydroxyl groups excluding tert-OH is 2. The fourth-order valence-electron chi connectivity index (χ4n) is 8.25. The summed E-state index contributed by atoms with van der Waals surface area (Å²) >= 11 is 0. The SMILES string of the molecule is C[C@]12CCC(=O)C=C1CC[C@H]1[C@@H]3CC(OCC(=O)c4ccccc4)[C@](O)(C(=O)CO)[C@@]3(C)CC(O)[C@@]12F. The first-order valence-corrected chi connectivity index (χ1v) is 13.1.